The Morgan fingerprint density at radius 3 is 2.50 bits per heavy atom. The monoisotopic (exact) mass is 294 g/mol. The molecule has 0 amide bonds. The first-order valence-electron chi connectivity index (χ1n) is 6.75. The van der Waals surface area contributed by atoms with Gasteiger partial charge in [0.15, 0.2) is 11.5 Å². The Morgan fingerprint density at radius 2 is 1.82 bits per heavy atom. The zero-order valence-corrected chi connectivity index (χ0v) is 12.2. The number of carboxylic acid groups (broad SMARTS) is 1. The minimum Gasteiger partial charge on any atom is -0.476 e. The van der Waals surface area contributed by atoms with Gasteiger partial charge in [0, 0.05) is 6.20 Å². The van der Waals surface area contributed by atoms with E-state index in [4.69, 9.17) is 0 Å². The fourth-order valence-corrected chi connectivity index (χ4v) is 2.09. The largest absolute Gasteiger partial charge is 0.476 e. The van der Waals surface area contributed by atoms with Crippen molar-refractivity contribution in [3.8, 4) is 0 Å². The number of fused-ring (bicyclic) bond motifs is 1. The molecule has 0 radical (unpaired) electrons. The molecule has 0 unspecified atom stereocenters. The van der Waals surface area contributed by atoms with Gasteiger partial charge in [-0.1, -0.05) is 17.7 Å². The van der Waals surface area contributed by atoms with Crippen molar-refractivity contribution < 1.29 is 9.90 Å². The fourth-order valence-electron chi connectivity index (χ4n) is 2.09. The zero-order valence-electron chi connectivity index (χ0n) is 12.2. The predicted molar refractivity (Wildman–Crippen MR) is 82.2 cm³/mol. The van der Waals surface area contributed by atoms with Crippen molar-refractivity contribution in [3.05, 3.63) is 59.4 Å². The Balaban J connectivity index is 2.10. The summed E-state index contributed by atoms with van der Waals surface area (Å²) in [6.45, 7) is 3.90. The van der Waals surface area contributed by atoms with Crippen LogP contribution in [0.2, 0.25) is 0 Å². The zero-order chi connectivity index (χ0) is 15.7. The highest BCUT2D eigenvalue weighted by atomic mass is 16.4. The standard InChI is InChI=1S/C16H14N4O2/c1-10-3-5-12(6-4-10)18-19-15-14(16(21)22)17-13-9-11(2)7-8-20(13)15/h3-9H,1-2H3,(H,21,22). The molecule has 0 saturated heterocycles. The minimum absolute atomic E-state index is 0.110. The van der Waals surface area contributed by atoms with E-state index in [2.05, 4.69) is 15.2 Å². The lowest BCUT2D eigenvalue weighted by Gasteiger charge is -1.98. The molecular formula is C16H14N4O2. The van der Waals surface area contributed by atoms with Gasteiger partial charge in [0.25, 0.3) is 0 Å². The third kappa shape index (κ3) is 2.58. The van der Waals surface area contributed by atoms with Gasteiger partial charge in [-0.15, -0.1) is 10.2 Å². The van der Waals surface area contributed by atoms with Gasteiger partial charge in [-0.25, -0.2) is 9.78 Å². The molecule has 1 N–H and O–H groups in total. The molecule has 110 valence electrons. The number of aromatic nitrogens is 2. The van der Waals surface area contributed by atoms with Crippen molar-refractivity contribution in [2.45, 2.75) is 13.8 Å². The second-order valence-corrected chi connectivity index (χ2v) is 5.06. The molecule has 1 aromatic carbocycles. The molecule has 6 heteroatoms. The summed E-state index contributed by atoms with van der Waals surface area (Å²) in [6.07, 6.45) is 1.74. The highest BCUT2D eigenvalue weighted by molar-refractivity contribution is 5.91. The van der Waals surface area contributed by atoms with E-state index in [-0.39, 0.29) is 11.5 Å². The first kappa shape index (κ1) is 13.9. The van der Waals surface area contributed by atoms with E-state index < -0.39 is 5.97 Å². The van der Waals surface area contributed by atoms with Gasteiger partial charge in [0.05, 0.1) is 5.69 Å². The quantitative estimate of drug-likeness (QED) is 0.739. The van der Waals surface area contributed by atoms with Crippen LogP contribution < -0.4 is 0 Å². The van der Waals surface area contributed by atoms with E-state index in [9.17, 15) is 9.90 Å². The average Bonchev–Trinajstić information content (AvgIpc) is 2.84. The second-order valence-electron chi connectivity index (χ2n) is 5.06. The highest BCUT2D eigenvalue weighted by Gasteiger charge is 2.18. The van der Waals surface area contributed by atoms with Gasteiger partial charge >= 0.3 is 5.97 Å². The SMILES string of the molecule is Cc1ccc(N=Nc2c(C(=O)O)nc3cc(C)ccn23)cc1. The smallest absolute Gasteiger partial charge is 0.358 e. The van der Waals surface area contributed by atoms with E-state index in [1.807, 2.05) is 44.2 Å². The van der Waals surface area contributed by atoms with Crippen molar-refractivity contribution in [1.82, 2.24) is 9.38 Å². The maximum absolute atomic E-state index is 11.4. The van der Waals surface area contributed by atoms with Crippen molar-refractivity contribution >= 4 is 23.1 Å². The Bertz CT molecular complexity index is 879. The molecule has 0 aliphatic carbocycles. The summed E-state index contributed by atoms with van der Waals surface area (Å²) in [7, 11) is 0. The second kappa shape index (κ2) is 5.40. The summed E-state index contributed by atoms with van der Waals surface area (Å²) in [6, 6.07) is 11.2. The number of aryl methyl sites for hydroxylation is 2. The molecule has 0 aliphatic rings. The molecule has 0 bridgehead atoms. The average molecular weight is 294 g/mol. The molecule has 0 fully saturated rings. The van der Waals surface area contributed by atoms with Gasteiger partial charge in [0.1, 0.15) is 5.65 Å². The van der Waals surface area contributed by atoms with Crippen LogP contribution in [0.4, 0.5) is 11.5 Å². The lowest BCUT2D eigenvalue weighted by molar-refractivity contribution is 0.0692. The number of rotatable bonds is 3. The molecular weight excluding hydrogens is 280 g/mol. The maximum Gasteiger partial charge on any atom is 0.358 e. The molecule has 6 nitrogen and oxygen atoms in total. The lowest BCUT2D eigenvalue weighted by Crippen LogP contribution is -1.96. The number of azo groups is 1. The van der Waals surface area contributed by atoms with Crippen LogP contribution in [0.25, 0.3) is 5.65 Å². The van der Waals surface area contributed by atoms with E-state index >= 15 is 0 Å². The molecule has 0 atom stereocenters. The summed E-state index contributed by atoms with van der Waals surface area (Å²) in [5.41, 5.74) is 3.20. The third-order valence-electron chi connectivity index (χ3n) is 3.25. The van der Waals surface area contributed by atoms with Crippen LogP contribution in [0.1, 0.15) is 21.6 Å². The maximum atomic E-state index is 11.4. The topological polar surface area (TPSA) is 79.3 Å². The van der Waals surface area contributed by atoms with E-state index in [0.717, 1.165) is 11.1 Å². The summed E-state index contributed by atoms with van der Waals surface area (Å²) in [4.78, 5) is 15.5. The van der Waals surface area contributed by atoms with Gasteiger partial charge < -0.3 is 5.11 Å². The number of imidazole rings is 1. The number of aromatic carboxylic acids is 1. The summed E-state index contributed by atoms with van der Waals surface area (Å²) < 4.78 is 1.62. The summed E-state index contributed by atoms with van der Waals surface area (Å²) >= 11 is 0. The molecule has 3 rings (SSSR count). The van der Waals surface area contributed by atoms with E-state index in [1.165, 1.54) is 0 Å². The fraction of sp³-hybridized carbons (Fsp3) is 0.125. The van der Waals surface area contributed by atoms with Crippen LogP contribution in [0.15, 0.2) is 52.8 Å². The van der Waals surface area contributed by atoms with Crippen LogP contribution in [-0.2, 0) is 0 Å². The summed E-state index contributed by atoms with van der Waals surface area (Å²) in [5.74, 6) is -0.915. The first-order chi connectivity index (χ1) is 10.5. The van der Waals surface area contributed by atoms with Crippen molar-refractivity contribution in [1.29, 1.82) is 0 Å². The molecule has 0 spiro atoms. The van der Waals surface area contributed by atoms with Gasteiger partial charge in [0.2, 0.25) is 0 Å². The Kier molecular flexibility index (Phi) is 3.42. The van der Waals surface area contributed by atoms with E-state index in [0.29, 0.717) is 11.3 Å². The summed E-state index contributed by atoms with van der Waals surface area (Å²) in [5, 5.41) is 17.5. The predicted octanol–water partition coefficient (Wildman–Crippen LogP) is 4.06. The van der Waals surface area contributed by atoms with Gasteiger partial charge in [-0.3, -0.25) is 4.40 Å². The number of pyridine rings is 1. The van der Waals surface area contributed by atoms with Crippen molar-refractivity contribution in [2.24, 2.45) is 10.2 Å². The lowest BCUT2D eigenvalue weighted by atomic mass is 10.2. The van der Waals surface area contributed by atoms with Crippen molar-refractivity contribution in [3.63, 3.8) is 0 Å². The third-order valence-corrected chi connectivity index (χ3v) is 3.25. The normalized spacial score (nSPS) is 11.4. The minimum atomic E-state index is -1.13. The number of hydrogen-bond donors (Lipinski definition) is 1. The van der Waals surface area contributed by atoms with Crippen LogP contribution in [0.5, 0.6) is 0 Å². The molecule has 2 aromatic heterocycles. The van der Waals surface area contributed by atoms with E-state index in [1.54, 1.807) is 16.7 Å². The van der Waals surface area contributed by atoms with Crippen LogP contribution >= 0.6 is 0 Å². The Morgan fingerprint density at radius 1 is 1.09 bits per heavy atom. The number of nitrogens with zero attached hydrogens (tertiary/aromatic N) is 4. The van der Waals surface area contributed by atoms with Gasteiger partial charge in [-0.05, 0) is 43.7 Å². The number of benzene rings is 1. The highest BCUT2D eigenvalue weighted by Crippen LogP contribution is 2.24. The Hall–Kier alpha value is -3.02. The molecule has 22 heavy (non-hydrogen) atoms. The van der Waals surface area contributed by atoms with Crippen LogP contribution in [0.3, 0.4) is 0 Å². The first-order valence-corrected chi connectivity index (χ1v) is 6.75. The molecule has 0 aliphatic heterocycles. The number of carboxylic acids is 1. The van der Waals surface area contributed by atoms with Gasteiger partial charge in [-0.2, -0.15) is 0 Å². The van der Waals surface area contributed by atoms with Crippen molar-refractivity contribution in [2.75, 3.05) is 0 Å². The van der Waals surface area contributed by atoms with Crippen LogP contribution in [0, 0.1) is 13.8 Å². The number of carbonyl (C=O) groups is 1. The molecule has 0 saturated carbocycles. The number of hydrogen-bond acceptors (Lipinski definition) is 4. The van der Waals surface area contributed by atoms with Crippen LogP contribution in [-0.4, -0.2) is 20.5 Å². The molecule has 3 aromatic rings. The Labute approximate surface area is 126 Å². The molecule has 2 heterocycles.